The maximum atomic E-state index is 12.1. The second-order valence-corrected chi connectivity index (χ2v) is 6.45. The highest BCUT2D eigenvalue weighted by Crippen LogP contribution is 2.24. The molecule has 0 radical (unpaired) electrons. The van der Waals surface area contributed by atoms with Crippen LogP contribution in [0.1, 0.15) is 37.8 Å². The van der Waals surface area contributed by atoms with Crippen molar-refractivity contribution < 1.29 is 4.79 Å². The minimum absolute atomic E-state index is 0.0695. The molecule has 0 aliphatic carbocycles. The average Bonchev–Trinajstić information content (AvgIpc) is 3.14. The van der Waals surface area contributed by atoms with Gasteiger partial charge in [-0.25, -0.2) is 0 Å². The Bertz CT molecular complexity index is 803. The van der Waals surface area contributed by atoms with E-state index in [0.29, 0.717) is 17.9 Å². The van der Waals surface area contributed by atoms with Crippen LogP contribution in [0.5, 0.6) is 0 Å². The summed E-state index contributed by atoms with van der Waals surface area (Å²) in [6, 6.07) is 9.67. The lowest BCUT2D eigenvalue weighted by atomic mass is 10.1. The Balaban J connectivity index is 1.50. The number of anilines is 2. The number of rotatable bonds is 7. The largest absolute Gasteiger partial charge is 0.379 e. The van der Waals surface area contributed by atoms with Crippen LogP contribution >= 0.6 is 0 Å². The van der Waals surface area contributed by atoms with E-state index in [1.165, 1.54) is 0 Å². The molecule has 0 aromatic heterocycles. The lowest BCUT2D eigenvalue weighted by Gasteiger charge is -2.22. The summed E-state index contributed by atoms with van der Waals surface area (Å²) in [5, 5.41) is 5.91. The fourth-order valence-electron chi connectivity index (χ4n) is 3.23. The first-order valence-corrected chi connectivity index (χ1v) is 8.74. The third kappa shape index (κ3) is 3.73. The number of carbonyl (C=O) groups excluding carboxylic acids is 1. The van der Waals surface area contributed by atoms with Crippen LogP contribution in [0.2, 0.25) is 0 Å². The maximum absolute atomic E-state index is 12.1. The third-order valence-corrected chi connectivity index (χ3v) is 4.64. The normalized spacial score (nSPS) is 15.3. The topological polar surface area (TPSA) is 78.5 Å². The summed E-state index contributed by atoms with van der Waals surface area (Å²) in [6.07, 6.45) is 2.32. The molecule has 1 amide bonds. The Morgan fingerprint density at radius 2 is 1.80 bits per heavy atom. The van der Waals surface area contributed by atoms with Crippen LogP contribution in [0, 0.1) is 0 Å². The van der Waals surface area contributed by atoms with Gasteiger partial charge in [-0.3, -0.25) is 14.4 Å². The summed E-state index contributed by atoms with van der Waals surface area (Å²) in [4.78, 5) is 37.6. The van der Waals surface area contributed by atoms with Gasteiger partial charge in [-0.15, -0.1) is 0 Å². The van der Waals surface area contributed by atoms with Crippen molar-refractivity contribution in [3.05, 3.63) is 56.3 Å². The lowest BCUT2D eigenvalue weighted by molar-refractivity contribution is -0.121. The molecule has 2 aromatic carbocycles. The first-order chi connectivity index (χ1) is 12.1. The van der Waals surface area contributed by atoms with E-state index in [1.807, 2.05) is 42.2 Å². The molecule has 3 rings (SSSR count). The van der Waals surface area contributed by atoms with Gasteiger partial charge < -0.3 is 15.5 Å². The fraction of sp³-hybridized carbons (Fsp3) is 0.421. The van der Waals surface area contributed by atoms with Gasteiger partial charge in [0.1, 0.15) is 11.4 Å². The first kappa shape index (κ1) is 17.2. The van der Waals surface area contributed by atoms with Crippen molar-refractivity contribution in [1.29, 1.82) is 0 Å². The monoisotopic (exact) mass is 341 g/mol. The molecule has 1 aliphatic rings. The molecule has 1 aliphatic heterocycles. The van der Waals surface area contributed by atoms with Gasteiger partial charge in [0.05, 0.1) is 6.04 Å². The van der Waals surface area contributed by atoms with Crippen LogP contribution in [0.25, 0.3) is 0 Å². The van der Waals surface area contributed by atoms with Crippen LogP contribution in [0.3, 0.4) is 0 Å². The molecule has 132 valence electrons. The zero-order valence-corrected chi connectivity index (χ0v) is 14.4. The summed E-state index contributed by atoms with van der Waals surface area (Å²) in [5.41, 5.74) is 1.03. The number of amides is 1. The quantitative estimate of drug-likeness (QED) is 0.747. The standard InChI is InChI=1S/C19H23N3O3/c1-13(14-7-3-2-4-8-14)21-15(23)9-10-20-16-17(19(25)18(16)24)22-11-5-6-12-22/h2-4,7-8,13,20H,5-6,9-12H2,1H3,(H,21,23). The first-order valence-electron chi connectivity index (χ1n) is 8.74. The molecule has 2 N–H and O–H groups in total. The predicted molar refractivity (Wildman–Crippen MR) is 98.9 cm³/mol. The zero-order valence-electron chi connectivity index (χ0n) is 14.4. The Kier molecular flexibility index (Phi) is 5.16. The van der Waals surface area contributed by atoms with E-state index < -0.39 is 10.9 Å². The number of hydrogen-bond acceptors (Lipinski definition) is 5. The Hall–Kier alpha value is -2.63. The van der Waals surface area contributed by atoms with Crippen LogP contribution in [-0.2, 0) is 4.79 Å². The number of carbonyl (C=O) groups is 1. The maximum Gasteiger partial charge on any atom is 0.253 e. The molecular weight excluding hydrogens is 318 g/mol. The minimum Gasteiger partial charge on any atom is -0.379 e. The Labute approximate surface area is 146 Å². The van der Waals surface area contributed by atoms with Gasteiger partial charge in [-0.1, -0.05) is 30.3 Å². The van der Waals surface area contributed by atoms with Crippen LogP contribution in [0.15, 0.2) is 39.9 Å². The summed E-state index contributed by atoms with van der Waals surface area (Å²) < 4.78 is 0. The van der Waals surface area contributed by atoms with Crippen molar-refractivity contribution in [2.45, 2.75) is 32.2 Å². The second kappa shape index (κ2) is 7.51. The average molecular weight is 341 g/mol. The molecule has 1 atom stereocenters. The van der Waals surface area contributed by atoms with E-state index in [-0.39, 0.29) is 18.4 Å². The molecule has 1 unspecified atom stereocenters. The van der Waals surface area contributed by atoms with Gasteiger partial charge in [-0.05, 0) is 25.3 Å². The van der Waals surface area contributed by atoms with Crippen LogP contribution < -0.4 is 26.4 Å². The molecule has 0 spiro atoms. The van der Waals surface area contributed by atoms with Gasteiger partial charge in [0.25, 0.3) is 10.9 Å². The van der Waals surface area contributed by atoms with E-state index in [4.69, 9.17) is 0 Å². The van der Waals surface area contributed by atoms with E-state index in [9.17, 15) is 14.4 Å². The van der Waals surface area contributed by atoms with Crippen molar-refractivity contribution in [2.75, 3.05) is 29.9 Å². The summed E-state index contributed by atoms with van der Waals surface area (Å²) in [6.45, 7) is 3.89. The summed E-state index contributed by atoms with van der Waals surface area (Å²) in [5.74, 6) is -0.0923. The van der Waals surface area contributed by atoms with Gasteiger partial charge >= 0.3 is 0 Å². The smallest absolute Gasteiger partial charge is 0.253 e. The molecule has 0 bridgehead atoms. The van der Waals surface area contributed by atoms with Gasteiger partial charge in [0.2, 0.25) is 5.91 Å². The third-order valence-electron chi connectivity index (χ3n) is 4.64. The van der Waals surface area contributed by atoms with Crippen LogP contribution in [0.4, 0.5) is 11.4 Å². The van der Waals surface area contributed by atoms with Crippen molar-refractivity contribution in [3.8, 4) is 0 Å². The van der Waals surface area contributed by atoms with Crippen molar-refractivity contribution in [2.24, 2.45) is 0 Å². The van der Waals surface area contributed by atoms with Gasteiger partial charge in [-0.2, -0.15) is 0 Å². The second-order valence-electron chi connectivity index (χ2n) is 6.45. The molecule has 1 heterocycles. The summed E-state index contributed by atoms with van der Waals surface area (Å²) >= 11 is 0. The molecule has 1 saturated heterocycles. The Morgan fingerprint density at radius 1 is 1.12 bits per heavy atom. The molecule has 6 heteroatoms. The fourth-order valence-corrected chi connectivity index (χ4v) is 3.23. The molecule has 2 aromatic rings. The highest BCUT2D eigenvalue weighted by molar-refractivity contribution is 5.78. The highest BCUT2D eigenvalue weighted by Gasteiger charge is 2.27. The van der Waals surface area contributed by atoms with E-state index >= 15 is 0 Å². The van der Waals surface area contributed by atoms with Crippen molar-refractivity contribution in [1.82, 2.24) is 5.32 Å². The van der Waals surface area contributed by atoms with Crippen molar-refractivity contribution in [3.63, 3.8) is 0 Å². The summed E-state index contributed by atoms with van der Waals surface area (Å²) in [7, 11) is 0. The highest BCUT2D eigenvalue weighted by atomic mass is 16.2. The minimum atomic E-state index is -0.472. The molecule has 1 fully saturated rings. The zero-order chi connectivity index (χ0) is 17.8. The number of nitrogens with zero attached hydrogens (tertiary/aromatic N) is 1. The lowest BCUT2D eigenvalue weighted by Crippen LogP contribution is -2.42. The van der Waals surface area contributed by atoms with Crippen molar-refractivity contribution >= 4 is 17.3 Å². The van der Waals surface area contributed by atoms with E-state index in [2.05, 4.69) is 10.6 Å². The number of benzene rings is 1. The molecular formula is C19H23N3O3. The van der Waals surface area contributed by atoms with E-state index in [0.717, 1.165) is 31.5 Å². The van der Waals surface area contributed by atoms with Gasteiger partial charge in [0, 0.05) is 26.1 Å². The SMILES string of the molecule is CC(NC(=O)CCNc1c(N2CCCC2)c(=O)c1=O)c1ccccc1. The number of hydrogen-bond donors (Lipinski definition) is 2. The number of nitrogens with one attached hydrogen (secondary N) is 2. The molecule has 0 saturated carbocycles. The van der Waals surface area contributed by atoms with Gasteiger partial charge in [0.15, 0.2) is 0 Å². The molecule has 6 nitrogen and oxygen atoms in total. The van der Waals surface area contributed by atoms with E-state index in [1.54, 1.807) is 0 Å². The Morgan fingerprint density at radius 3 is 2.48 bits per heavy atom. The van der Waals surface area contributed by atoms with Crippen LogP contribution in [-0.4, -0.2) is 25.5 Å². The predicted octanol–water partition coefficient (Wildman–Crippen LogP) is 1.56. The molecule has 25 heavy (non-hydrogen) atoms.